The number of benzene rings is 3. The number of nitrogens with one attached hydrogen (secondary N) is 1. The van der Waals surface area contributed by atoms with Gasteiger partial charge in [0.1, 0.15) is 18.0 Å². The van der Waals surface area contributed by atoms with Crippen molar-refractivity contribution in [3.63, 3.8) is 0 Å². The lowest BCUT2D eigenvalue weighted by molar-refractivity contribution is -0.119. The lowest BCUT2D eigenvalue weighted by atomic mass is 10.0. The van der Waals surface area contributed by atoms with Gasteiger partial charge in [0.2, 0.25) is 0 Å². The number of nitrogens with zero attached hydrogens (tertiary/aromatic N) is 2. The van der Waals surface area contributed by atoms with E-state index in [1.165, 1.54) is 44.2 Å². The summed E-state index contributed by atoms with van der Waals surface area (Å²) in [4.78, 5) is 12.8. The van der Waals surface area contributed by atoms with Crippen LogP contribution in [0.25, 0.3) is 0 Å². The zero-order valence-corrected chi connectivity index (χ0v) is 21.0. The first-order valence-corrected chi connectivity index (χ1v) is 12.4. The number of rotatable bonds is 10. The van der Waals surface area contributed by atoms with E-state index in [0.29, 0.717) is 11.7 Å². The Balaban J connectivity index is 1.88. The van der Waals surface area contributed by atoms with E-state index in [1.807, 2.05) is 24.3 Å². The number of anilines is 1. The zero-order valence-electron chi connectivity index (χ0n) is 20.1. The van der Waals surface area contributed by atoms with Crippen LogP contribution in [0.1, 0.15) is 30.9 Å². The molecule has 3 aromatic rings. The van der Waals surface area contributed by atoms with Crippen LogP contribution < -0.4 is 19.2 Å². The molecule has 1 amide bonds. The van der Waals surface area contributed by atoms with Crippen molar-refractivity contribution in [3.05, 3.63) is 83.9 Å². The van der Waals surface area contributed by atoms with Gasteiger partial charge in [0.05, 0.1) is 31.0 Å². The van der Waals surface area contributed by atoms with Gasteiger partial charge in [-0.25, -0.2) is 13.8 Å². The van der Waals surface area contributed by atoms with Crippen LogP contribution in [0.2, 0.25) is 0 Å². The van der Waals surface area contributed by atoms with Crippen molar-refractivity contribution in [2.45, 2.75) is 24.7 Å². The van der Waals surface area contributed by atoms with Crippen molar-refractivity contribution in [2.24, 2.45) is 5.10 Å². The highest BCUT2D eigenvalue weighted by atomic mass is 32.2. The van der Waals surface area contributed by atoms with Gasteiger partial charge in [-0.3, -0.25) is 9.10 Å². The molecular formula is C26H29N3O5S. The fraction of sp³-hybridized carbons (Fsp3) is 0.231. The number of amides is 1. The Morgan fingerprint density at radius 1 is 1.00 bits per heavy atom. The molecule has 0 atom stereocenters. The Kier molecular flexibility index (Phi) is 8.48. The summed E-state index contributed by atoms with van der Waals surface area (Å²) in [7, 11) is -1.22. The van der Waals surface area contributed by atoms with Crippen LogP contribution in [0, 0.1) is 0 Å². The first kappa shape index (κ1) is 25.8. The lowest BCUT2D eigenvalue weighted by Gasteiger charge is -2.25. The minimum absolute atomic E-state index is 0.0337. The van der Waals surface area contributed by atoms with E-state index < -0.39 is 22.5 Å². The third-order valence-corrected chi connectivity index (χ3v) is 7.05. The van der Waals surface area contributed by atoms with Crippen molar-refractivity contribution < 1.29 is 22.7 Å². The number of carbonyl (C=O) groups is 1. The molecule has 184 valence electrons. The van der Waals surface area contributed by atoms with E-state index in [2.05, 4.69) is 24.4 Å². The van der Waals surface area contributed by atoms with Crippen molar-refractivity contribution in [1.82, 2.24) is 5.43 Å². The maximum absolute atomic E-state index is 13.5. The van der Waals surface area contributed by atoms with E-state index in [-0.39, 0.29) is 16.3 Å². The summed E-state index contributed by atoms with van der Waals surface area (Å²) in [6.07, 6.45) is 1.50. The molecular weight excluding hydrogens is 466 g/mol. The standard InChI is InChI=1S/C26H29N3O5S/c1-19(2)21-12-10-20(11-13-21)17-27-28-26(30)18-29(35(31,32)23-8-6-5-7-9-23)24-16-22(33-3)14-15-25(24)34-4/h5-17,19H,18H2,1-4H3,(H,28,30)/b27-17-. The SMILES string of the molecule is COc1ccc(OC)c(N(CC(=O)N/N=C\c2ccc(C(C)C)cc2)S(=O)(=O)c2ccccc2)c1. The van der Waals surface area contributed by atoms with Crippen molar-refractivity contribution in [3.8, 4) is 11.5 Å². The van der Waals surface area contributed by atoms with Crippen LogP contribution in [0.5, 0.6) is 11.5 Å². The Labute approximate surface area is 206 Å². The number of carbonyl (C=O) groups excluding carboxylic acids is 1. The van der Waals surface area contributed by atoms with Crippen LogP contribution in [0.4, 0.5) is 5.69 Å². The second-order valence-corrected chi connectivity index (χ2v) is 9.84. The fourth-order valence-corrected chi connectivity index (χ4v) is 4.77. The number of methoxy groups -OCH3 is 2. The second-order valence-electron chi connectivity index (χ2n) is 7.98. The number of hydrogen-bond acceptors (Lipinski definition) is 6. The molecule has 0 aliphatic rings. The van der Waals surface area contributed by atoms with Gasteiger partial charge in [0.25, 0.3) is 15.9 Å². The van der Waals surface area contributed by atoms with Crippen molar-refractivity contribution >= 4 is 27.8 Å². The van der Waals surface area contributed by atoms with E-state index in [4.69, 9.17) is 9.47 Å². The van der Waals surface area contributed by atoms with Gasteiger partial charge in [-0.1, -0.05) is 56.3 Å². The topological polar surface area (TPSA) is 97.3 Å². The largest absolute Gasteiger partial charge is 0.497 e. The Hall–Kier alpha value is -3.85. The Bertz CT molecular complexity index is 1270. The number of hydrazone groups is 1. The molecule has 0 bridgehead atoms. The highest BCUT2D eigenvalue weighted by molar-refractivity contribution is 7.92. The molecule has 0 spiro atoms. The number of sulfonamides is 1. The van der Waals surface area contributed by atoms with Crippen LogP contribution in [0.15, 0.2) is 82.8 Å². The molecule has 0 fully saturated rings. The van der Waals surface area contributed by atoms with Crippen LogP contribution >= 0.6 is 0 Å². The highest BCUT2D eigenvalue weighted by Crippen LogP contribution is 2.35. The van der Waals surface area contributed by atoms with Gasteiger partial charge in [0.15, 0.2) is 0 Å². The molecule has 0 aliphatic carbocycles. The highest BCUT2D eigenvalue weighted by Gasteiger charge is 2.29. The Morgan fingerprint density at radius 3 is 2.29 bits per heavy atom. The summed E-state index contributed by atoms with van der Waals surface area (Å²) in [5, 5.41) is 3.99. The average molecular weight is 496 g/mol. The molecule has 0 radical (unpaired) electrons. The minimum atomic E-state index is -4.11. The maximum Gasteiger partial charge on any atom is 0.264 e. The van der Waals surface area contributed by atoms with Gasteiger partial charge >= 0.3 is 0 Å². The molecule has 9 heteroatoms. The molecule has 1 N–H and O–H groups in total. The van der Waals surface area contributed by atoms with E-state index in [1.54, 1.807) is 30.3 Å². The summed E-state index contributed by atoms with van der Waals surface area (Å²) in [6.45, 7) is 3.69. The smallest absolute Gasteiger partial charge is 0.264 e. The minimum Gasteiger partial charge on any atom is -0.497 e. The zero-order chi connectivity index (χ0) is 25.4. The molecule has 8 nitrogen and oxygen atoms in total. The second kappa shape index (κ2) is 11.5. The van der Waals surface area contributed by atoms with Crippen LogP contribution in [-0.2, 0) is 14.8 Å². The fourth-order valence-electron chi connectivity index (χ4n) is 3.32. The normalized spacial score (nSPS) is 11.5. The molecule has 0 saturated heterocycles. The monoisotopic (exact) mass is 495 g/mol. The van der Waals surface area contributed by atoms with Gasteiger partial charge in [-0.2, -0.15) is 5.10 Å². The third kappa shape index (κ3) is 6.39. The average Bonchev–Trinajstić information content (AvgIpc) is 2.87. The summed E-state index contributed by atoms with van der Waals surface area (Å²) < 4.78 is 38.7. The molecule has 0 saturated carbocycles. The summed E-state index contributed by atoms with van der Waals surface area (Å²) in [6, 6.07) is 20.4. The van der Waals surface area contributed by atoms with Gasteiger partial charge in [-0.05, 0) is 41.3 Å². The predicted octanol–water partition coefficient (Wildman–Crippen LogP) is 4.17. The molecule has 0 heterocycles. The first-order valence-electron chi connectivity index (χ1n) is 11.0. The lowest BCUT2D eigenvalue weighted by Crippen LogP contribution is -2.39. The van der Waals surface area contributed by atoms with E-state index in [9.17, 15) is 13.2 Å². The number of ether oxygens (including phenoxy) is 2. The van der Waals surface area contributed by atoms with E-state index >= 15 is 0 Å². The molecule has 35 heavy (non-hydrogen) atoms. The van der Waals surface area contributed by atoms with E-state index in [0.717, 1.165) is 9.87 Å². The van der Waals surface area contributed by atoms with Crippen LogP contribution in [0.3, 0.4) is 0 Å². The molecule has 0 aromatic heterocycles. The summed E-state index contributed by atoms with van der Waals surface area (Å²) >= 11 is 0. The predicted molar refractivity (Wildman–Crippen MR) is 137 cm³/mol. The molecule has 0 unspecified atom stereocenters. The van der Waals surface area contributed by atoms with Gasteiger partial charge in [0, 0.05) is 6.07 Å². The summed E-state index contributed by atoms with van der Waals surface area (Å²) in [5.74, 6) is 0.473. The Morgan fingerprint density at radius 2 is 1.69 bits per heavy atom. The van der Waals surface area contributed by atoms with Gasteiger partial charge in [-0.15, -0.1) is 0 Å². The molecule has 0 aliphatic heterocycles. The maximum atomic E-state index is 13.5. The molecule has 3 rings (SSSR count). The van der Waals surface area contributed by atoms with Gasteiger partial charge < -0.3 is 9.47 Å². The first-order chi connectivity index (χ1) is 16.8. The summed E-state index contributed by atoms with van der Waals surface area (Å²) in [5.41, 5.74) is 4.57. The molecule has 3 aromatic carbocycles. The quantitative estimate of drug-likeness (QED) is 0.336. The number of hydrogen-bond donors (Lipinski definition) is 1. The van der Waals surface area contributed by atoms with Crippen LogP contribution in [-0.4, -0.2) is 41.3 Å². The van der Waals surface area contributed by atoms with Crippen molar-refractivity contribution in [1.29, 1.82) is 0 Å². The van der Waals surface area contributed by atoms with Crippen molar-refractivity contribution in [2.75, 3.05) is 25.1 Å². The third-order valence-electron chi connectivity index (χ3n) is 5.28.